The predicted molar refractivity (Wildman–Crippen MR) is 47.9 cm³/mol. The van der Waals surface area contributed by atoms with Crippen molar-refractivity contribution >= 4 is 0 Å². The van der Waals surface area contributed by atoms with E-state index in [4.69, 9.17) is 10.5 Å². The van der Waals surface area contributed by atoms with E-state index in [1.165, 1.54) is 19.4 Å². The molecule has 3 N–H and O–H groups in total. The van der Waals surface area contributed by atoms with Crippen LogP contribution in [0.15, 0.2) is 0 Å². The average molecular weight is 170 g/mol. The Morgan fingerprint density at radius 3 is 2.83 bits per heavy atom. The average Bonchev–Trinajstić information content (AvgIpc) is 2.86. The van der Waals surface area contributed by atoms with Crippen molar-refractivity contribution in [1.82, 2.24) is 5.32 Å². The van der Waals surface area contributed by atoms with Crippen LogP contribution in [-0.2, 0) is 4.74 Å². The Bertz CT molecular complexity index is 147. The fraction of sp³-hybridized carbons (Fsp3) is 1.00. The first kappa shape index (κ1) is 8.48. The zero-order chi connectivity index (χ0) is 8.39. The van der Waals surface area contributed by atoms with Crippen LogP contribution >= 0.6 is 0 Å². The van der Waals surface area contributed by atoms with Gasteiger partial charge in [-0.3, -0.25) is 0 Å². The molecule has 3 heteroatoms. The van der Waals surface area contributed by atoms with Gasteiger partial charge in [0, 0.05) is 18.7 Å². The number of nitrogens with one attached hydrogen (secondary N) is 1. The Hall–Kier alpha value is -0.120. The summed E-state index contributed by atoms with van der Waals surface area (Å²) in [4.78, 5) is 0. The molecule has 3 nitrogen and oxygen atoms in total. The number of hydrogen-bond donors (Lipinski definition) is 2. The van der Waals surface area contributed by atoms with Gasteiger partial charge >= 0.3 is 0 Å². The Balaban J connectivity index is 1.68. The number of rotatable bonds is 3. The van der Waals surface area contributed by atoms with Gasteiger partial charge < -0.3 is 15.8 Å². The van der Waals surface area contributed by atoms with Crippen LogP contribution in [0.1, 0.15) is 19.3 Å². The van der Waals surface area contributed by atoms with Crippen molar-refractivity contribution in [2.75, 3.05) is 19.8 Å². The fourth-order valence-corrected chi connectivity index (χ4v) is 1.65. The van der Waals surface area contributed by atoms with Crippen molar-refractivity contribution in [3.05, 3.63) is 0 Å². The van der Waals surface area contributed by atoms with Gasteiger partial charge in [-0.05, 0) is 31.7 Å². The van der Waals surface area contributed by atoms with E-state index < -0.39 is 0 Å². The summed E-state index contributed by atoms with van der Waals surface area (Å²) in [5, 5.41) is 3.53. The summed E-state index contributed by atoms with van der Waals surface area (Å²) < 4.78 is 5.27. The minimum absolute atomic E-state index is 0.206. The molecule has 12 heavy (non-hydrogen) atoms. The molecule has 1 aliphatic heterocycles. The van der Waals surface area contributed by atoms with Crippen LogP contribution in [0.5, 0.6) is 0 Å². The highest BCUT2D eigenvalue weighted by molar-refractivity contribution is 4.85. The molecule has 1 saturated carbocycles. The first-order chi connectivity index (χ1) is 5.86. The van der Waals surface area contributed by atoms with E-state index in [9.17, 15) is 0 Å². The van der Waals surface area contributed by atoms with Crippen LogP contribution in [-0.4, -0.2) is 31.8 Å². The zero-order valence-electron chi connectivity index (χ0n) is 7.46. The smallest absolute Gasteiger partial charge is 0.0632 e. The maximum atomic E-state index is 5.90. The van der Waals surface area contributed by atoms with Crippen LogP contribution in [0, 0.1) is 5.92 Å². The molecule has 0 amide bonds. The maximum Gasteiger partial charge on any atom is 0.0632 e. The van der Waals surface area contributed by atoms with Gasteiger partial charge in [-0.15, -0.1) is 0 Å². The van der Waals surface area contributed by atoms with Gasteiger partial charge in [0.2, 0.25) is 0 Å². The largest absolute Gasteiger partial charge is 0.380 e. The summed E-state index contributed by atoms with van der Waals surface area (Å²) >= 11 is 0. The lowest BCUT2D eigenvalue weighted by Gasteiger charge is -2.29. The summed E-state index contributed by atoms with van der Waals surface area (Å²) in [6, 6.07) is 0.705. The lowest BCUT2D eigenvalue weighted by molar-refractivity contribution is 0.0617. The molecule has 1 heterocycles. The molecule has 0 aromatic rings. The van der Waals surface area contributed by atoms with Crippen LogP contribution in [0.4, 0.5) is 0 Å². The Morgan fingerprint density at radius 1 is 1.33 bits per heavy atom. The van der Waals surface area contributed by atoms with Gasteiger partial charge in [0.25, 0.3) is 0 Å². The second-order valence-electron chi connectivity index (χ2n) is 3.99. The summed E-state index contributed by atoms with van der Waals surface area (Å²) in [5.41, 5.74) is 5.90. The molecule has 0 bridgehead atoms. The van der Waals surface area contributed by atoms with Gasteiger partial charge in [-0.1, -0.05) is 0 Å². The molecule has 1 saturated heterocycles. The molecular weight excluding hydrogens is 152 g/mol. The second-order valence-corrected chi connectivity index (χ2v) is 3.99. The Kier molecular flexibility index (Phi) is 2.63. The highest BCUT2D eigenvalue weighted by atomic mass is 16.5. The summed E-state index contributed by atoms with van der Waals surface area (Å²) in [7, 11) is 0. The van der Waals surface area contributed by atoms with Crippen molar-refractivity contribution in [1.29, 1.82) is 0 Å². The van der Waals surface area contributed by atoms with Crippen molar-refractivity contribution in [3.63, 3.8) is 0 Å². The van der Waals surface area contributed by atoms with E-state index in [0.717, 1.165) is 25.6 Å². The highest BCUT2D eigenvalue weighted by Gasteiger charge is 2.26. The molecule has 2 unspecified atom stereocenters. The minimum Gasteiger partial charge on any atom is -0.380 e. The molecular formula is C9H18N2O. The van der Waals surface area contributed by atoms with Crippen molar-refractivity contribution in [2.45, 2.75) is 31.3 Å². The minimum atomic E-state index is 0.206. The normalized spacial score (nSPS) is 36.8. The van der Waals surface area contributed by atoms with E-state index in [1.807, 2.05) is 0 Å². The quantitative estimate of drug-likeness (QED) is 0.631. The standard InChI is InChI=1S/C9H18N2O/c10-8-6-12-4-3-9(8)11-5-7-1-2-7/h7-9,11H,1-6,10H2. The molecule has 0 aromatic heterocycles. The molecule has 2 fully saturated rings. The fourth-order valence-electron chi connectivity index (χ4n) is 1.65. The molecule has 70 valence electrons. The van der Waals surface area contributed by atoms with E-state index in [0.29, 0.717) is 6.04 Å². The second kappa shape index (κ2) is 3.73. The van der Waals surface area contributed by atoms with E-state index in [1.54, 1.807) is 0 Å². The van der Waals surface area contributed by atoms with Gasteiger partial charge in [-0.25, -0.2) is 0 Å². The topological polar surface area (TPSA) is 47.3 Å². The molecule has 0 spiro atoms. The maximum absolute atomic E-state index is 5.90. The van der Waals surface area contributed by atoms with Crippen molar-refractivity contribution in [3.8, 4) is 0 Å². The third-order valence-corrected chi connectivity index (χ3v) is 2.77. The molecule has 0 radical (unpaired) electrons. The Morgan fingerprint density at radius 2 is 2.17 bits per heavy atom. The number of nitrogens with two attached hydrogens (primary N) is 1. The lowest BCUT2D eigenvalue weighted by atomic mass is 10.0. The van der Waals surface area contributed by atoms with E-state index >= 15 is 0 Å². The van der Waals surface area contributed by atoms with Gasteiger partial charge in [-0.2, -0.15) is 0 Å². The van der Waals surface area contributed by atoms with Crippen LogP contribution in [0.2, 0.25) is 0 Å². The summed E-state index contributed by atoms with van der Waals surface area (Å²) in [6.07, 6.45) is 3.89. The lowest BCUT2D eigenvalue weighted by Crippen LogP contribution is -2.51. The predicted octanol–water partition coefficient (Wildman–Crippen LogP) is 0.102. The first-order valence-corrected chi connectivity index (χ1v) is 4.93. The third-order valence-electron chi connectivity index (χ3n) is 2.77. The zero-order valence-corrected chi connectivity index (χ0v) is 7.46. The van der Waals surface area contributed by atoms with Crippen LogP contribution < -0.4 is 11.1 Å². The highest BCUT2D eigenvalue weighted by Crippen LogP contribution is 2.27. The SMILES string of the molecule is NC1COCCC1NCC1CC1. The van der Waals surface area contributed by atoms with E-state index in [2.05, 4.69) is 5.32 Å². The Labute approximate surface area is 73.7 Å². The summed E-state index contributed by atoms with van der Waals surface area (Å²) in [6.45, 7) is 2.76. The van der Waals surface area contributed by atoms with Crippen molar-refractivity contribution in [2.24, 2.45) is 11.7 Å². The monoisotopic (exact) mass is 170 g/mol. The molecule has 0 aromatic carbocycles. The molecule has 1 aliphatic carbocycles. The van der Waals surface area contributed by atoms with Gasteiger partial charge in [0.05, 0.1) is 6.61 Å². The van der Waals surface area contributed by atoms with Gasteiger partial charge in [0.15, 0.2) is 0 Å². The molecule has 2 rings (SSSR count). The van der Waals surface area contributed by atoms with Crippen LogP contribution in [0.25, 0.3) is 0 Å². The molecule has 2 aliphatic rings. The number of ether oxygens (including phenoxy) is 1. The third kappa shape index (κ3) is 2.19. The summed E-state index contributed by atoms with van der Waals surface area (Å²) in [5.74, 6) is 0.944. The first-order valence-electron chi connectivity index (χ1n) is 4.93. The molecule has 2 atom stereocenters. The van der Waals surface area contributed by atoms with E-state index in [-0.39, 0.29) is 6.04 Å². The number of hydrogen-bond acceptors (Lipinski definition) is 3. The van der Waals surface area contributed by atoms with Crippen LogP contribution in [0.3, 0.4) is 0 Å². The van der Waals surface area contributed by atoms with Gasteiger partial charge in [0.1, 0.15) is 0 Å². The van der Waals surface area contributed by atoms with Crippen molar-refractivity contribution < 1.29 is 4.74 Å².